The third-order valence-electron chi connectivity index (χ3n) is 3.41. The van der Waals surface area contributed by atoms with Crippen LogP contribution in [0, 0.1) is 0 Å². The van der Waals surface area contributed by atoms with E-state index < -0.39 is 0 Å². The Balaban J connectivity index is 1.47. The monoisotopic (exact) mass is 344 g/mol. The summed E-state index contributed by atoms with van der Waals surface area (Å²) in [5, 5.41) is 0. The van der Waals surface area contributed by atoms with Gasteiger partial charge in [0.05, 0.1) is 28.4 Å². The molecule has 0 aliphatic rings. The number of halogens is 1. The van der Waals surface area contributed by atoms with E-state index in [-0.39, 0.29) is 0 Å². The quantitative estimate of drug-likeness (QED) is 0.608. The van der Waals surface area contributed by atoms with Gasteiger partial charge in [-0.1, -0.05) is 24.3 Å². The molecule has 0 bridgehead atoms. The number of fused-ring (bicyclic) bond motifs is 1. The molecule has 3 aromatic rings. The van der Waals surface area contributed by atoms with Crippen molar-refractivity contribution in [2.45, 2.75) is 19.4 Å². The number of unbranched alkanes of at least 4 members (excludes halogenated alkanes) is 1. The SMILES string of the molecule is Brc1ccccc1OCCCCn1cnc2ccccc21. The average Bonchev–Trinajstić information content (AvgIpc) is 2.92. The summed E-state index contributed by atoms with van der Waals surface area (Å²) in [6, 6.07) is 16.2. The van der Waals surface area contributed by atoms with Crippen LogP contribution in [0.3, 0.4) is 0 Å². The zero-order valence-corrected chi connectivity index (χ0v) is 13.3. The van der Waals surface area contributed by atoms with Crippen LogP contribution < -0.4 is 4.74 Å². The summed E-state index contributed by atoms with van der Waals surface area (Å²) in [5.41, 5.74) is 2.26. The molecule has 0 saturated heterocycles. The molecule has 0 spiro atoms. The van der Waals surface area contributed by atoms with E-state index in [2.05, 4.69) is 37.6 Å². The Morgan fingerprint density at radius 3 is 2.71 bits per heavy atom. The minimum Gasteiger partial charge on any atom is -0.492 e. The normalized spacial score (nSPS) is 10.9. The van der Waals surface area contributed by atoms with Crippen LogP contribution in [0.5, 0.6) is 5.75 Å². The Bertz CT molecular complexity index is 723. The number of benzene rings is 2. The standard InChI is InChI=1S/C17H17BrN2O/c18-14-7-1-4-10-17(14)21-12-6-5-11-20-13-19-15-8-2-3-9-16(15)20/h1-4,7-10,13H,5-6,11-12H2. The molecule has 0 atom stereocenters. The van der Waals surface area contributed by atoms with E-state index in [1.54, 1.807) is 0 Å². The van der Waals surface area contributed by atoms with Gasteiger partial charge in [-0.2, -0.15) is 0 Å². The van der Waals surface area contributed by atoms with Crippen molar-refractivity contribution < 1.29 is 4.74 Å². The van der Waals surface area contributed by atoms with E-state index in [0.717, 1.165) is 41.7 Å². The van der Waals surface area contributed by atoms with Gasteiger partial charge in [0, 0.05) is 6.54 Å². The number of rotatable bonds is 6. The fraction of sp³-hybridized carbons (Fsp3) is 0.235. The smallest absolute Gasteiger partial charge is 0.133 e. The molecular formula is C17H17BrN2O. The van der Waals surface area contributed by atoms with Crippen LogP contribution in [-0.2, 0) is 6.54 Å². The van der Waals surface area contributed by atoms with Crippen LogP contribution in [0.4, 0.5) is 0 Å². The van der Waals surface area contributed by atoms with Crippen molar-refractivity contribution in [3.05, 3.63) is 59.3 Å². The van der Waals surface area contributed by atoms with Gasteiger partial charge in [0.1, 0.15) is 5.75 Å². The lowest BCUT2D eigenvalue weighted by molar-refractivity contribution is 0.302. The van der Waals surface area contributed by atoms with Crippen molar-refractivity contribution in [2.24, 2.45) is 0 Å². The Morgan fingerprint density at radius 2 is 1.81 bits per heavy atom. The fourth-order valence-electron chi connectivity index (χ4n) is 2.32. The van der Waals surface area contributed by atoms with Crippen LogP contribution in [0.25, 0.3) is 11.0 Å². The van der Waals surface area contributed by atoms with Crippen molar-refractivity contribution in [3.8, 4) is 5.75 Å². The van der Waals surface area contributed by atoms with E-state index in [0.29, 0.717) is 0 Å². The summed E-state index contributed by atoms with van der Waals surface area (Å²) in [4.78, 5) is 4.40. The highest BCUT2D eigenvalue weighted by atomic mass is 79.9. The van der Waals surface area contributed by atoms with Crippen molar-refractivity contribution in [1.82, 2.24) is 9.55 Å². The van der Waals surface area contributed by atoms with Crippen LogP contribution >= 0.6 is 15.9 Å². The molecule has 0 aliphatic carbocycles. The van der Waals surface area contributed by atoms with E-state index in [4.69, 9.17) is 4.74 Å². The number of nitrogens with zero attached hydrogens (tertiary/aromatic N) is 2. The Kier molecular flexibility index (Phi) is 4.55. The largest absolute Gasteiger partial charge is 0.492 e. The molecule has 0 unspecified atom stereocenters. The molecule has 3 nitrogen and oxygen atoms in total. The summed E-state index contributed by atoms with van der Waals surface area (Å²) < 4.78 is 8.98. The molecule has 0 N–H and O–H groups in total. The first-order chi connectivity index (χ1) is 10.3. The van der Waals surface area contributed by atoms with Gasteiger partial charge in [-0.25, -0.2) is 4.98 Å². The zero-order chi connectivity index (χ0) is 14.5. The number of aryl methyl sites for hydroxylation is 1. The minimum absolute atomic E-state index is 0.731. The first-order valence-corrected chi connectivity index (χ1v) is 7.91. The minimum atomic E-state index is 0.731. The molecule has 1 aromatic heterocycles. The maximum Gasteiger partial charge on any atom is 0.133 e. The van der Waals surface area contributed by atoms with Gasteiger partial charge in [0.2, 0.25) is 0 Å². The highest BCUT2D eigenvalue weighted by molar-refractivity contribution is 9.10. The predicted octanol–water partition coefficient (Wildman–Crippen LogP) is 4.66. The molecule has 0 aliphatic heterocycles. The second-order valence-corrected chi connectivity index (χ2v) is 5.77. The highest BCUT2D eigenvalue weighted by Gasteiger charge is 2.02. The topological polar surface area (TPSA) is 27.1 Å². The lowest BCUT2D eigenvalue weighted by atomic mass is 10.3. The number of ether oxygens (including phenoxy) is 1. The first kappa shape index (κ1) is 14.1. The molecule has 108 valence electrons. The van der Waals surface area contributed by atoms with E-state index in [1.807, 2.05) is 42.7 Å². The third-order valence-corrected chi connectivity index (χ3v) is 4.07. The van der Waals surface area contributed by atoms with Gasteiger partial charge in [0.15, 0.2) is 0 Å². The van der Waals surface area contributed by atoms with Gasteiger partial charge >= 0.3 is 0 Å². The lowest BCUT2D eigenvalue weighted by Gasteiger charge is -2.08. The maximum absolute atomic E-state index is 5.77. The van der Waals surface area contributed by atoms with Crippen molar-refractivity contribution in [2.75, 3.05) is 6.61 Å². The Labute approximate surface area is 132 Å². The van der Waals surface area contributed by atoms with Gasteiger partial charge in [-0.15, -0.1) is 0 Å². The molecule has 3 rings (SSSR count). The number of hydrogen-bond acceptors (Lipinski definition) is 2. The lowest BCUT2D eigenvalue weighted by Crippen LogP contribution is -2.01. The summed E-state index contributed by atoms with van der Waals surface area (Å²) in [6.45, 7) is 1.70. The van der Waals surface area contributed by atoms with E-state index in [9.17, 15) is 0 Å². The van der Waals surface area contributed by atoms with Crippen molar-refractivity contribution >= 4 is 27.0 Å². The number of aromatic nitrogens is 2. The molecule has 0 radical (unpaired) electrons. The van der Waals surface area contributed by atoms with Gasteiger partial charge in [0.25, 0.3) is 0 Å². The highest BCUT2D eigenvalue weighted by Crippen LogP contribution is 2.23. The first-order valence-electron chi connectivity index (χ1n) is 7.12. The Hall–Kier alpha value is -1.81. The molecule has 0 fully saturated rings. The molecular weight excluding hydrogens is 328 g/mol. The molecule has 0 saturated carbocycles. The van der Waals surface area contributed by atoms with Crippen molar-refractivity contribution in [1.29, 1.82) is 0 Å². The van der Waals surface area contributed by atoms with Crippen LogP contribution in [0.15, 0.2) is 59.3 Å². The zero-order valence-electron chi connectivity index (χ0n) is 11.7. The van der Waals surface area contributed by atoms with Crippen LogP contribution in [0.2, 0.25) is 0 Å². The second kappa shape index (κ2) is 6.76. The molecule has 2 aromatic carbocycles. The molecule has 4 heteroatoms. The summed E-state index contributed by atoms with van der Waals surface area (Å²) in [7, 11) is 0. The van der Waals surface area contributed by atoms with E-state index >= 15 is 0 Å². The number of imidazole rings is 1. The van der Waals surface area contributed by atoms with Gasteiger partial charge in [-0.05, 0) is 53.0 Å². The fourth-order valence-corrected chi connectivity index (χ4v) is 2.72. The van der Waals surface area contributed by atoms with Gasteiger partial charge in [-0.3, -0.25) is 0 Å². The molecule has 1 heterocycles. The summed E-state index contributed by atoms with van der Waals surface area (Å²) in [5.74, 6) is 0.908. The average molecular weight is 345 g/mol. The third kappa shape index (κ3) is 3.45. The van der Waals surface area contributed by atoms with Crippen LogP contribution in [0.1, 0.15) is 12.8 Å². The number of para-hydroxylation sites is 3. The second-order valence-electron chi connectivity index (χ2n) is 4.91. The Morgan fingerprint density at radius 1 is 1.00 bits per heavy atom. The summed E-state index contributed by atoms with van der Waals surface area (Å²) in [6.07, 6.45) is 4.01. The predicted molar refractivity (Wildman–Crippen MR) is 88.6 cm³/mol. The van der Waals surface area contributed by atoms with Crippen LogP contribution in [-0.4, -0.2) is 16.2 Å². The molecule has 21 heavy (non-hydrogen) atoms. The molecule has 0 amide bonds. The van der Waals surface area contributed by atoms with Crippen molar-refractivity contribution in [3.63, 3.8) is 0 Å². The summed E-state index contributed by atoms with van der Waals surface area (Å²) >= 11 is 3.49. The van der Waals surface area contributed by atoms with Gasteiger partial charge < -0.3 is 9.30 Å². The van der Waals surface area contributed by atoms with E-state index in [1.165, 1.54) is 5.52 Å². The number of hydrogen-bond donors (Lipinski definition) is 0. The maximum atomic E-state index is 5.77.